The zero-order valence-corrected chi connectivity index (χ0v) is 13.1. The van der Waals surface area contributed by atoms with E-state index in [-0.39, 0.29) is 5.97 Å². The number of halogens is 1. The second-order valence-corrected chi connectivity index (χ2v) is 5.62. The fraction of sp³-hybridized carbons (Fsp3) is 0.250. The van der Waals surface area contributed by atoms with Crippen LogP contribution in [0.5, 0.6) is 5.88 Å². The molecule has 1 aliphatic rings. The predicted molar refractivity (Wildman–Crippen MR) is 81.0 cm³/mol. The summed E-state index contributed by atoms with van der Waals surface area (Å²) in [5.74, 6) is 0.0855. The van der Waals surface area contributed by atoms with Gasteiger partial charge in [-0.3, -0.25) is 0 Å². The van der Waals surface area contributed by atoms with Gasteiger partial charge in [-0.25, -0.2) is 9.78 Å². The Bertz CT molecular complexity index is 674. The summed E-state index contributed by atoms with van der Waals surface area (Å²) in [7, 11) is 0. The highest BCUT2D eigenvalue weighted by molar-refractivity contribution is 9.10. The fourth-order valence-electron chi connectivity index (χ4n) is 2.50. The van der Waals surface area contributed by atoms with E-state index >= 15 is 0 Å². The molecule has 2 heterocycles. The van der Waals surface area contributed by atoms with Gasteiger partial charge in [-0.05, 0) is 13.0 Å². The maximum Gasteiger partial charge on any atom is 0.355 e. The van der Waals surface area contributed by atoms with Crippen molar-refractivity contribution in [3.05, 3.63) is 58.2 Å². The van der Waals surface area contributed by atoms with Crippen LogP contribution in [0.4, 0.5) is 0 Å². The minimum absolute atomic E-state index is 0.307. The molecule has 1 aromatic carbocycles. The van der Waals surface area contributed by atoms with Crippen molar-refractivity contribution in [3.8, 4) is 5.88 Å². The van der Waals surface area contributed by atoms with Crippen LogP contribution in [0.2, 0.25) is 0 Å². The SMILES string of the molecule is CCOC(=O)[C@@]1(c2ccccc2)Cc2c(Br)ccnc2O1. The third kappa shape index (κ3) is 2.31. The average molecular weight is 348 g/mol. The molecule has 0 saturated carbocycles. The van der Waals surface area contributed by atoms with E-state index in [0.29, 0.717) is 18.9 Å². The van der Waals surface area contributed by atoms with Crippen LogP contribution < -0.4 is 4.74 Å². The van der Waals surface area contributed by atoms with Gasteiger partial charge in [0, 0.05) is 28.2 Å². The van der Waals surface area contributed by atoms with Crippen LogP contribution >= 0.6 is 15.9 Å². The van der Waals surface area contributed by atoms with Crippen molar-refractivity contribution < 1.29 is 14.3 Å². The Labute approximate surface area is 131 Å². The van der Waals surface area contributed by atoms with E-state index in [0.717, 1.165) is 15.6 Å². The van der Waals surface area contributed by atoms with Crippen LogP contribution in [0.3, 0.4) is 0 Å². The van der Waals surface area contributed by atoms with Gasteiger partial charge in [0.1, 0.15) is 0 Å². The monoisotopic (exact) mass is 347 g/mol. The van der Waals surface area contributed by atoms with E-state index in [1.165, 1.54) is 0 Å². The Morgan fingerprint density at radius 1 is 1.38 bits per heavy atom. The topological polar surface area (TPSA) is 48.4 Å². The van der Waals surface area contributed by atoms with E-state index in [2.05, 4.69) is 20.9 Å². The lowest BCUT2D eigenvalue weighted by Crippen LogP contribution is -2.42. The molecule has 0 fully saturated rings. The number of hydrogen-bond acceptors (Lipinski definition) is 4. The number of aromatic nitrogens is 1. The van der Waals surface area contributed by atoms with Gasteiger partial charge in [-0.15, -0.1) is 0 Å². The highest BCUT2D eigenvalue weighted by Gasteiger charge is 2.50. The van der Waals surface area contributed by atoms with Crippen LogP contribution in [-0.4, -0.2) is 17.6 Å². The molecule has 2 aromatic rings. The second-order valence-electron chi connectivity index (χ2n) is 4.77. The first-order valence-electron chi connectivity index (χ1n) is 6.72. The van der Waals surface area contributed by atoms with Crippen molar-refractivity contribution in [1.82, 2.24) is 4.98 Å². The van der Waals surface area contributed by atoms with Gasteiger partial charge in [0.2, 0.25) is 11.5 Å². The van der Waals surface area contributed by atoms with Gasteiger partial charge in [0.05, 0.1) is 6.61 Å². The number of pyridine rings is 1. The van der Waals surface area contributed by atoms with Crippen molar-refractivity contribution in [3.63, 3.8) is 0 Å². The molecule has 108 valence electrons. The number of fused-ring (bicyclic) bond motifs is 1. The number of ether oxygens (including phenoxy) is 2. The molecule has 0 amide bonds. The van der Waals surface area contributed by atoms with Crippen LogP contribution in [-0.2, 0) is 21.6 Å². The normalized spacial score (nSPS) is 19.7. The molecule has 0 unspecified atom stereocenters. The zero-order valence-electron chi connectivity index (χ0n) is 11.5. The molecule has 3 rings (SSSR count). The Morgan fingerprint density at radius 3 is 2.81 bits per heavy atom. The summed E-state index contributed by atoms with van der Waals surface area (Å²) in [6, 6.07) is 11.2. The Hall–Kier alpha value is -1.88. The smallest absolute Gasteiger partial charge is 0.355 e. The number of nitrogens with zero attached hydrogens (tertiary/aromatic N) is 1. The quantitative estimate of drug-likeness (QED) is 0.799. The largest absolute Gasteiger partial charge is 0.463 e. The molecule has 0 saturated heterocycles. The van der Waals surface area contributed by atoms with E-state index in [1.54, 1.807) is 13.1 Å². The summed E-state index contributed by atoms with van der Waals surface area (Å²) in [4.78, 5) is 16.8. The molecule has 21 heavy (non-hydrogen) atoms. The maximum absolute atomic E-state index is 12.6. The molecule has 0 spiro atoms. The van der Waals surface area contributed by atoms with Gasteiger partial charge in [-0.1, -0.05) is 46.3 Å². The Kier molecular flexibility index (Phi) is 3.68. The third-order valence-electron chi connectivity index (χ3n) is 3.50. The first kappa shape index (κ1) is 14.1. The van der Waals surface area contributed by atoms with Gasteiger partial charge in [-0.2, -0.15) is 0 Å². The molecule has 4 nitrogen and oxygen atoms in total. The van der Waals surface area contributed by atoms with Crippen LogP contribution in [0.25, 0.3) is 0 Å². The van der Waals surface area contributed by atoms with E-state index in [1.807, 2.05) is 36.4 Å². The van der Waals surface area contributed by atoms with Crippen LogP contribution in [0.1, 0.15) is 18.1 Å². The maximum atomic E-state index is 12.6. The molecule has 1 aliphatic heterocycles. The van der Waals surface area contributed by atoms with Gasteiger partial charge in [0.25, 0.3) is 0 Å². The van der Waals surface area contributed by atoms with Gasteiger partial charge in [0.15, 0.2) is 0 Å². The molecule has 0 radical (unpaired) electrons. The van der Waals surface area contributed by atoms with Gasteiger partial charge < -0.3 is 9.47 Å². The summed E-state index contributed by atoms with van der Waals surface area (Å²) in [5.41, 5.74) is 0.499. The molecular formula is C16H14BrNO3. The van der Waals surface area contributed by atoms with E-state index < -0.39 is 5.60 Å². The number of hydrogen-bond donors (Lipinski definition) is 0. The number of carbonyl (C=O) groups is 1. The zero-order chi connectivity index (χ0) is 14.9. The molecular weight excluding hydrogens is 334 g/mol. The molecule has 0 N–H and O–H groups in total. The van der Waals surface area contributed by atoms with Crippen LogP contribution in [0, 0.1) is 0 Å². The van der Waals surface area contributed by atoms with Crippen molar-refractivity contribution in [1.29, 1.82) is 0 Å². The number of benzene rings is 1. The first-order chi connectivity index (χ1) is 10.2. The van der Waals surface area contributed by atoms with Crippen molar-refractivity contribution in [2.75, 3.05) is 6.61 Å². The molecule has 0 aliphatic carbocycles. The Morgan fingerprint density at radius 2 is 2.14 bits per heavy atom. The lowest BCUT2D eigenvalue weighted by molar-refractivity contribution is -0.161. The van der Waals surface area contributed by atoms with E-state index in [9.17, 15) is 4.79 Å². The van der Waals surface area contributed by atoms with E-state index in [4.69, 9.17) is 9.47 Å². The minimum atomic E-state index is -1.16. The predicted octanol–water partition coefficient (Wildman–Crippen LogP) is 3.24. The molecule has 1 atom stereocenters. The van der Waals surface area contributed by atoms with Crippen molar-refractivity contribution in [2.24, 2.45) is 0 Å². The highest BCUT2D eigenvalue weighted by atomic mass is 79.9. The van der Waals surface area contributed by atoms with Crippen molar-refractivity contribution >= 4 is 21.9 Å². The third-order valence-corrected chi connectivity index (χ3v) is 4.24. The summed E-state index contributed by atoms with van der Waals surface area (Å²) < 4.78 is 12.1. The number of esters is 1. The lowest BCUT2D eigenvalue weighted by atomic mass is 9.89. The molecule has 1 aromatic heterocycles. The summed E-state index contributed by atoms with van der Waals surface area (Å²) in [5, 5.41) is 0. The molecule has 5 heteroatoms. The fourth-order valence-corrected chi connectivity index (χ4v) is 2.92. The molecule has 0 bridgehead atoms. The first-order valence-corrected chi connectivity index (χ1v) is 7.52. The lowest BCUT2D eigenvalue weighted by Gasteiger charge is -2.26. The summed E-state index contributed by atoms with van der Waals surface area (Å²) in [6.45, 7) is 2.09. The minimum Gasteiger partial charge on any atom is -0.463 e. The summed E-state index contributed by atoms with van der Waals surface area (Å²) in [6.07, 6.45) is 2.05. The van der Waals surface area contributed by atoms with Gasteiger partial charge >= 0.3 is 5.97 Å². The highest BCUT2D eigenvalue weighted by Crippen LogP contribution is 2.43. The average Bonchev–Trinajstić information content (AvgIpc) is 2.91. The van der Waals surface area contributed by atoms with Crippen LogP contribution in [0.15, 0.2) is 47.1 Å². The Balaban J connectivity index is 2.09. The number of rotatable bonds is 3. The number of carbonyl (C=O) groups excluding carboxylic acids is 1. The summed E-state index contributed by atoms with van der Waals surface area (Å²) >= 11 is 3.49. The standard InChI is InChI=1S/C16H14BrNO3/c1-2-20-15(19)16(11-6-4-3-5-7-11)10-12-13(17)8-9-18-14(12)21-16/h3-9H,2,10H2,1H3/t16-/m0/s1. The van der Waals surface area contributed by atoms with Crippen molar-refractivity contribution in [2.45, 2.75) is 18.9 Å². The second kappa shape index (κ2) is 5.48.